The fourth-order valence-electron chi connectivity index (χ4n) is 6.36. The Kier molecular flexibility index (Phi) is 11.6. The molecule has 2 fully saturated rings. The fourth-order valence-corrected chi connectivity index (χ4v) is 8.72. The summed E-state index contributed by atoms with van der Waals surface area (Å²) >= 11 is 0. The second-order valence-electron chi connectivity index (χ2n) is 13.2. The molecule has 0 N–H and O–H groups in total. The molecule has 1 aromatic carbocycles. The molecule has 4 rings (SSSR count). The Hall–Kier alpha value is -2.27. The molecular formula is C35H50NO5P. The molecule has 0 aliphatic heterocycles. The number of pyridine rings is 1. The zero-order valence-corrected chi connectivity index (χ0v) is 27.1. The molecule has 0 radical (unpaired) electrons. The van der Waals surface area contributed by atoms with Crippen molar-refractivity contribution in [2.45, 2.75) is 98.1 Å². The van der Waals surface area contributed by atoms with Gasteiger partial charge >= 0.3 is 13.6 Å². The molecule has 1 unspecified atom stereocenters. The number of hydrogen-bond acceptors (Lipinski definition) is 6. The Balaban J connectivity index is 1.69. The molecule has 2 aromatic rings. The summed E-state index contributed by atoms with van der Waals surface area (Å²) < 4.78 is 34.8. The van der Waals surface area contributed by atoms with Crippen LogP contribution in [0.1, 0.15) is 97.0 Å². The van der Waals surface area contributed by atoms with Gasteiger partial charge in [0, 0.05) is 24.0 Å². The Labute approximate surface area is 253 Å². The zero-order chi connectivity index (χ0) is 30.3. The highest BCUT2D eigenvalue weighted by molar-refractivity contribution is 7.54. The predicted octanol–water partition coefficient (Wildman–Crippen LogP) is 9.48. The third-order valence-corrected chi connectivity index (χ3v) is 11.6. The summed E-state index contributed by atoms with van der Waals surface area (Å²) in [6.45, 7) is 13.3. The Morgan fingerprint density at radius 1 is 0.857 bits per heavy atom. The molecule has 6 nitrogen and oxygen atoms in total. The maximum absolute atomic E-state index is 15.3. The van der Waals surface area contributed by atoms with Crippen LogP contribution in [-0.4, -0.2) is 23.2 Å². The molecule has 7 heteroatoms. The van der Waals surface area contributed by atoms with Gasteiger partial charge in [0.1, 0.15) is 0 Å². The van der Waals surface area contributed by atoms with Gasteiger partial charge in [0.2, 0.25) is 5.85 Å². The van der Waals surface area contributed by atoms with E-state index in [0.29, 0.717) is 29.2 Å². The second kappa shape index (κ2) is 14.9. The lowest BCUT2D eigenvalue weighted by molar-refractivity contribution is -0.141. The molecule has 2 saturated carbocycles. The van der Waals surface area contributed by atoms with Crippen LogP contribution in [0.25, 0.3) is 6.08 Å². The van der Waals surface area contributed by atoms with E-state index in [1.807, 2.05) is 30.3 Å². The van der Waals surface area contributed by atoms with Crippen molar-refractivity contribution in [1.29, 1.82) is 0 Å². The minimum Gasteiger partial charge on any atom is -0.441 e. The van der Waals surface area contributed by atoms with Crippen LogP contribution in [-0.2, 0) is 23.1 Å². The summed E-state index contributed by atoms with van der Waals surface area (Å²) in [7, 11) is -4.04. The first kappa shape index (κ1) is 32.6. The number of esters is 1. The van der Waals surface area contributed by atoms with Gasteiger partial charge in [-0.3, -0.25) is 9.55 Å². The Morgan fingerprint density at radius 3 is 1.93 bits per heavy atom. The molecular weight excluding hydrogens is 545 g/mol. The average molecular weight is 596 g/mol. The van der Waals surface area contributed by atoms with Crippen molar-refractivity contribution in [3.8, 4) is 0 Å². The number of rotatable bonds is 11. The van der Waals surface area contributed by atoms with Gasteiger partial charge in [-0.2, -0.15) is 0 Å². The van der Waals surface area contributed by atoms with Crippen LogP contribution in [0.5, 0.6) is 0 Å². The van der Waals surface area contributed by atoms with Crippen molar-refractivity contribution in [3.63, 3.8) is 0 Å². The third kappa shape index (κ3) is 8.65. The van der Waals surface area contributed by atoms with E-state index in [1.165, 1.54) is 6.08 Å². The first-order chi connectivity index (χ1) is 20.1. The van der Waals surface area contributed by atoms with Crippen molar-refractivity contribution in [2.24, 2.45) is 35.5 Å². The van der Waals surface area contributed by atoms with E-state index < -0.39 is 19.4 Å². The highest BCUT2D eigenvalue weighted by Crippen LogP contribution is 2.65. The largest absolute Gasteiger partial charge is 0.441 e. The van der Waals surface area contributed by atoms with Crippen LogP contribution in [0.2, 0.25) is 0 Å². The second-order valence-corrected chi connectivity index (χ2v) is 15.2. The van der Waals surface area contributed by atoms with Gasteiger partial charge in [0.15, 0.2) is 0 Å². The Morgan fingerprint density at radius 2 is 1.43 bits per heavy atom. The molecule has 42 heavy (non-hydrogen) atoms. The molecule has 230 valence electrons. The average Bonchev–Trinajstić information content (AvgIpc) is 2.98. The number of nitrogens with zero attached hydrogens (tertiary/aromatic N) is 1. The van der Waals surface area contributed by atoms with Gasteiger partial charge in [-0.1, -0.05) is 77.9 Å². The summed E-state index contributed by atoms with van der Waals surface area (Å²) in [5.41, 5.74) is 1.38. The monoisotopic (exact) mass is 595 g/mol. The number of hydrogen-bond donors (Lipinski definition) is 0. The van der Waals surface area contributed by atoms with Gasteiger partial charge in [-0.15, -0.1) is 0 Å². The van der Waals surface area contributed by atoms with Gasteiger partial charge in [0.05, 0.1) is 12.2 Å². The van der Waals surface area contributed by atoms with E-state index >= 15 is 4.57 Å². The SMILES string of the molecule is CC(C)[C@@H]1CC[C@@H](C)[C@H](OP(=O)(O[C@@H]2C[C@H](C(C)C)CC[C@@H]2C)[C@H](OC(=O)/C=C/c2ccccc2)c2cccnc2)C1. The molecule has 2 aliphatic rings. The maximum Gasteiger partial charge on any atom is 0.376 e. The van der Waals surface area contributed by atoms with Crippen molar-refractivity contribution in [2.75, 3.05) is 0 Å². The third-order valence-electron chi connectivity index (χ3n) is 9.47. The van der Waals surface area contributed by atoms with Crippen LogP contribution >= 0.6 is 7.60 Å². The van der Waals surface area contributed by atoms with Crippen molar-refractivity contribution in [3.05, 3.63) is 72.1 Å². The first-order valence-electron chi connectivity index (χ1n) is 15.9. The lowest BCUT2D eigenvalue weighted by Gasteiger charge is -2.42. The van der Waals surface area contributed by atoms with Gasteiger partial charge < -0.3 is 13.8 Å². The minimum atomic E-state index is -4.04. The van der Waals surface area contributed by atoms with E-state index in [1.54, 1.807) is 30.6 Å². The number of aromatic nitrogens is 1. The molecule has 0 amide bonds. The molecule has 8 atom stereocenters. The quantitative estimate of drug-likeness (QED) is 0.146. The lowest BCUT2D eigenvalue weighted by Crippen LogP contribution is -2.35. The summed E-state index contributed by atoms with van der Waals surface area (Å²) in [4.78, 5) is 17.6. The standard InChI is InChI=1S/C35H50NO5P/c1-24(2)29-17-14-26(5)32(21-29)40-42(38,41-33-22-30(25(3)4)18-15-27(33)6)35(31-13-10-20-36-23-31)39-34(37)19-16-28-11-8-7-9-12-28/h7-13,16,19-20,23-27,29-30,32-33,35H,14-15,17-18,21-22H2,1-6H3/b19-16+/t26-,27+,29-,30-,32-,33-,35+,42?/m1/s1. The van der Waals surface area contributed by atoms with Crippen LogP contribution in [0.15, 0.2) is 60.9 Å². The van der Waals surface area contributed by atoms with Crippen molar-refractivity contribution in [1.82, 2.24) is 4.98 Å². The number of carbonyl (C=O) groups excluding carboxylic acids is 1. The molecule has 0 spiro atoms. The van der Waals surface area contributed by atoms with Crippen LogP contribution in [0.4, 0.5) is 0 Å². The van der Waals surface area contributed by atoms with Gasteiger partial charge in [0.25, 0.3) is 0 Å². The van der Waals surface area contributed by atoms with Crippen LogP contribution in [0, 0.1) is 35.5 Å². The smallest absolute Gasteiger partial charge is 0.376 e. The van der Waals surface area contributed by atoms with E-state index in [0.717, 1.165) is 44.1 Å². The molecule has 0 saturated heterocycles. The number of ether oxygens (including phenoxy) is 1. The summed E-state index contributed by atoms with van der Waals surface area (Å²) in [6.07, 6.45) is 11.7. The van der Waals surface area contributed by atoms with Crippen molar-refractivity contribution < 1.29 is 23.1 Å². The molecule has 1 heterocycles. The summed E-state index contributed by atoms with van der Waals surface area (Å²) in [5, 5.41) is 0. The summed E-state index contributed by atoms with van der Waals surface area (Å²) in [6, 6.07) is 13.1. The lowest BCUT2D eigenvalue weighted by atomic mass is 9.76. The number of carbonyl (C=O) groups is 1. The first-order valence-corrected chi connectivity index (χ1v) is 17.5. The van der Waals surface area contributed by atoms with E-state index in [-0.39, 0.29) is 24.0 Å². The van der Waals surface area contributed by atoms with E-state index in [4.69, 9.17) is 13.8 Å². The molecule has 0 bridgehead atoms. The van der Waals surface area contributed by atoms with Crippen LogP contribution in [0.3, 0.4) is 0 Å². The highest BCUT2D eigenvalue weighted by atomic mass is 31.2. The minimum absolute atomic E-state index is 0.215. The zero-order valence-electron chi connectivity index (χ0n) is 26.2. The van der Waals surface area contributed by atoms with E-state index in [9.17, 15) is 4.79 Å². The molecule has 2 aliphatic carbocycles. The topological polar surface area (TPSA) is 74.7 Å². The van der Waals surface area contributed by atoms with Crippen molar-refractivity contribution >= 4 is 19.6 Å². The van der Waals surface area contributed by atoms with Crippen LogP contribution < -0.4 is 0 Å². The highest BCUT2D eigenvalue weighted by Gasteiger charge is 2.48. The Bertz CT molecular complexity index is 1160. The maximum atomic E-state index is 15.3. The van der Waals surface area contributed by atoms with E-state index in [2.05, 4.69) is 46.5 Å². The molecule has 1 aromatic heterocycles. The number of benzene rings is 1. The predicted molar refractivity (Wildman–Crippen MR) is 169 cm³/mol. The van der Waals surface area contributed by atoms with Gasteiger partial charge in [-0.25, -0.2) is 4.79 Å². The normalized spacial score (nSPS) is 29.0. The fraction of sp³-hybridized carbons (Fsp3) is 0.600. The van der Waals surface area contributed by atoms with Gasteiger partial charge in [-0.05, 0) is 91.7 Å². The summed E-state index contributed by atoms with van der Waals surface area (Å²) in [5.74, 6) is 0.567.